The average Bonchev–Trinajstić information content (AvgIpc) is 2.96. The smallest absolute Gasteiger partial charge is 0.335 e. The number of amides is 1. The predicted molar refractivity (Wildman–Crippen MR) is 106 cm³/mol. The Balaban J connectivity index is 1.76. The van der Waals surface area contributed by atoms with Crippen LogP contribution in [0, 0.1) is 0 Å². The van der Waals surface area contributed by atoms with Gasteiger partial charge in [-0.2, -0.15) is 0 Å². The van der Waals surface area contributed by atoms with Crippen molar-refractivity contribution in [2.24, 2.45) is 0 Å². The van der Waals surface area contributed by atoms with Gasteiger partial charge in [0.05, 0.1) is 13.7 Å². The molecule has 1 saturated heterocycles. The van der Waals surface area contributed by atoms with Crippen molar-refractivity contribution in [3.8, 4) is 5.75 Å². The molecule has 2 rings (SSSR count). The molecule has 0 aliphatic carbocycles. The van der Waals surface area contributed by atoms with Gasteiger partial charge in [-0.15, -0.1) is 6.58 Å². The summed E-state index contributed by atoms with van der Waals surface area (Å²) in [5.41, 5.74) is 1.21. The third-order valence-electron chi connectivity index (χ3n) is 4.64. The Morgan fingerprint density at radius 3 is 2.61 bits per heavy atom. The summed E-state index contributed by atoms with van der Waals surface area (Å²) in [6.45, 7) is 8.96. The molecule has 1 aliphatic heterocycles. The van der Waals surface area contributed by atoms with Gasteiger partial charge in [-0.25, -0.2) is 4.79 Å². The Morgan fingerprint density at radius 1 is 1.18 bits per heavy atom. The largest absolute Gasteiger partial charge is 0.497 e. The van der Waals surface area contributed by atoms with Gasteiger partial charge in [0.2, 0.25) is 0 Å². The normalized spacial score (nSPS) is 16.1. The van der Waals surface area contributed by atoms with E-state index < -0.39 is 12.1 Å². The fraction of sp³-hybridized carbons (Fsp3) is 0.524. The fourth-order valence-corrected chi connectivity index (χ4v) is 2.99. The van der Waals surface area contributed by atoms with Gasteiger partial charge in [0.1, 0.15) is 5.75 Å². The van der Waals surface area contributed by atoms with E-state index >= 15 is 0 Å². The second kappa shape index (κ2) is 11.5. The van der Waals surface area contributed by atoms with Crippen LogP contribution in [0.3, 0.4) is 0 Å². The van der Waals surface area contributed by atoms with Crippen LogP contribution in [0.25, 0.3) is 0 Å². The summed E-state index contributed by atoms with van der Waals surface area (Å²) in [7, 11) is 1.65. The highest BCUT2D eigenvalue weighted by Crippen LogP contribution is 2.14. The second-order valence-corrected chi connectivity index (χ2v) is 6.73. The van der Waals surface area contributed by atoms with E-state index in [1.807, 2.05) is 12.1 Å². The van der Waals surface area contributed by atoms with Gasteiger partial charge >= 0.3 is 5.97 Å². The monoisotopic (exact) mass is 390 g/mol. The molecule has 1 heterocycles. The molecule has 7 nitrogen and oxygen atoms in total. The van der Waals surface area contributed by atoms with Gasteiger partial charge in [-0.05, 0) is 31.0 Å². The maximum Gasteiger partial charge on any atom is 0.335 e. The Morgan fingerprint density at radius 2 is 1.93 bits per heavy atom. The first-order chi connectivity index (χ1) is 13.5. The first kappa shape index (κ1) is 21.9. The summed E-state index contributed by atoms with van der Waals surface area (Å²) >= 11 is 0. The predicted octanol–water partition coefficient (Wildman–Crippen LogP) is 1.86. The third kappa shape index (κ3) is 6.98. The van der Waals surface area contributed by atoms with Crippen molar-refractivity contribution in [1.29, 1.82) is 0 Å². The van der Waals surface area contributed by atoms with Crippen LogP contribution >= 0.6 is 0 Å². The molecule has 1 unspecified atom stereocenters. The van der Waals surface area contributed by atoms with Crippen LogP contribution < -0.4 is 4.74 Å². The molecule has 0 spiro atoms. The molecule has 0 saturated carbocycles. The van der Waals surface area contributed by atoms with E-state index in [0.29, 0.717) is 13.1 Å². The molecular formula is C21H30N2O5. The maximum absolute atomic E-state index is 12.4. The first-order valence-corrected chi connectivity index (χ1v) is 9.55. The van der Waals surface area contributed by atoms with E-state index in [2.05, 4.69) is 23.6 Å². The lowest BCUT2D eigenvalue weighted by Crippen LogP contribution is -2.38. The number of benzene rings is 1. The number of carbonyl (C=O) groups excluding carboxylic acids is 2. The SMILES string of the molecule is C=CCOC(C)C(=O)OCC(=O)N1CCCN(Cc2ccc(OC)cc2)CC1. The van der Waals surface area contributed by atoms with Gasteiger partial charge < -0.3 is 19.1 Å². The summed E-state index contributed by atoms with van der Waals surface area (Å²) in [6.07, 6.45) is 1.73. The molecule has 1 fully saturated rings. The van der Waals surface area contributed by atoms with Crippen molar-refractivity contribution in [3.05, 3.63) is 42.5 Å². The third-order valence-corrected chi connectivity index (χ3v) is 4.64. The Bertz CT molecular complexity index is 647. The molecule has 1 amide bonds. The number of methoxy groups -OCH3 is 1. The van der Waals surface area contributed by atoms with Crippen molar-refractivity contribution in [2.75, 3.05) is 46.5 Å². The van der Waals surface area contributed by atoms with E-state index in [0.717, 1.165) is 31.8 Å². The molecule has 154 valence electrons. The molecule has 0 bridgehead atoms. The van der Waals surface area contributed by atoms with Crippen LogP contribution in [-0.4, -0.2) is 74.3 Å². The van der Waals surface area contributed by atoms with E-state index in [1.165, 1.54) is 5.56 Å². The minimum absolute atomic E-state index is 0.171. The summed E-state index contributed by atoms with van der Waals surface area (Å²) in [4.78, 5) is 28.3. The van der Waals surface area contributed by atoms with Crippen LogP contribution in [-0.2, 0) is 25.6 Å². The molecule has 7 heteroatoms. The highest BCUT2D eigenvalue weighted by Gasteiger charge is 2.22. The van der Waals surface area contributed by atoms with Crippen LogP contribution in [0.1, 0.15) is 18.9 Å². The number of carbonyl (C=O) groups is 2. The molecule has 1 aliphatic rings. The van der Waals surface area contributed by atoms with Crippen molar-refractivity contribution in [3.63, 3.8) is 0 Å². The lowest BCUT2D eigenvalue weighted by Gasteiger charge is -2.22. The first-order valence-electron chi connectivity index (χ1n) is 9.55. The van der Waals surface area contributed by atoms with Crippen molar-refractivity contribution < 1.29 is 23.8 Å². The van der Waals surface area contributed by atoms with Gasteiger partial charge in [-0.3, -0.25) is 9.69 Å². The molecule has 0 N–H and O–H groups in total. The summed E-state index contributed by atoms with van der Waals surface area (Å²) in [6, 6.07) is 8.03. The number of ether oxygens (including phenoxy) is 3. The lowest BCUT2D eigenvalue weighted by molar-refractivity contribution is -0.160. The Hall–Kier alpha value is -2.38. The van der Waals surface area contributed by atoms with Gasteiger partial charge in [0, 0.05) is 32.7 Å². The minimum Gasteiger partial charge on any atom is -0.497 e. The van der Waals surface area contributed by atoms with E-state index in [4.69, 9.17) is 14.2 Å². The number of rotatable bonds is 9. The number of hydrogen-bond acceptors (Lipinski definition) is 6. The molecule has 28 heavy (non-hydrogen) atoms. The van der Waals surface area contributed by atoms with Gasteiger partial charge in [0.15, 0.2) is 12.7 Å². The number of nitrogens with zero attached hydrogens (tertiary/aromatic N) is 2. The summed E-state index contributed by atoms with van der Waals surface area (Å²) in [5.74, 6) is 0.136. The molecule has 1 aromatic carbocycles. The molecule has 0 aromatic heterocycles. The van der Waals surface area contributed by atoms with Crippen molar-refractivity contribution >= 4 is 11.9 Å². The molecule has 1 atom stereocenters. The average molecular weight is 390 g/mol. The van der Waals surface area contributed by atoms with E-state index in [9.17, 15) is 9.59 Å². The van der Waals surface area contributed by atoms with Gasteiger partial charge in [0.25, 0.3) is 5.91 Å². The summed E-state index contributed by atoms with van der Waals surface area (Å²) < 4.78 is 15.5. The fourth-order valence-electron chi connectivity index (χ4n) is 2.99. The Labute approximate surface area is 166 Å². The molecular weight excluding hydrogens is 360 g/mol. The highest BCUT2D eigenvalue weighted by atomic mass is 16.6. The summed E-state index contributed by atoms with van der Waals surface area (Å²) in [5, 5.41) is 0. The van der Waals surface area contributed by atoms with Crippen LogP contribution in [0.15, 0.2) is 36.9 Å². The van der Waals surface area contributed by atoms with Crippen molar-refractivity contribution in [1.82, 2.24) is 9.80 Å². The standard InChI is InChI=1S/C21H30N2O5/c1-4-14-27-17(2)21(25)28-16-20(24)23-11-5-10-22(12-13-23)15-18-6-8-19(26-3)9-7-18/h4,6-9,17H,1,5,10-16H2,2-3H3. The van der Waals surface area contributed by atoms with E-state index in [1.54, 1.807) is 25.0 Å². The Kier molecular flexibility index (Phi) is 8.97. The van der Waals surface area contributed by atoms with Crippen LogP contribution in [0.5, 0.6) is 5.75 Å². The zero-order valence-electron chi connectivity index (χ0n) is 16.8. The van der Waals surface area contributed by atoms with Crippen LogP contribution in [0.2, 0.25) is 0 Å². The number of esters is 1. The second-order valence-electron chi connectivity index (χ2n) is 6.73. The minimum atomic E-state index is -0.713. The molecule has 0 radical (unpaired) electrons. The van der Waals surface area contributed by atoms with Crippen molar-refractivity contribution in [2.45, 2.75) is 26.0 Å². The zero-order valence-corrected chi connectivity index (χ0v) is 16.8. The van der Waals surface area contributed by atoms with Gasteiger partial charge in [-0.1, -0.05) is 18.2 Å². The lowest BCUT2D eigenvalue weighted by atomic mass is 10.2. The van der Waals surface area contributed by atoms with E-state index in [-0.39, 0.29) is 19.1 Å². The zero-order chi connectivity index (χ0) is 20.4. The van der Waals surface area contributed by atoms with Crippen LogP contribution in [0.4, 0.5) is 0 Å². The molecule has 1 aromatic rings. The maximum atomic E-state index is 12.4. The quantitative estimate of drug-likeness (QED) is 0.474. The number of hydrogen-bond donors (Lipinski definition) is 0. The topological polar surface area (TPSA) is 68.3 Å². The highest BCUT2D eigenvalue weighted by molar-refractivity contribution is 5.82.